The Morgan fingerprint density at radius 1 is 1.02 bits per heavy atom. The topological polar surface area (TPSA) is 142 Å². The first kappa shape index (κ1) is 38.7. The number of benzene rings is 2. The van der Waals surface area contributed by atoms with E-state index in [4.69, 9.17) is 32.7 Å². The van der Waals surface area contributed by atoms with Gasteiger partial charge in [0.1, 0.15) is 11.4 Å². The number of hydrogen-bond acceptors (Lipinski definition) is 9. The number of allylic oxidation sites excluding steroid dienone is 1. The zero-order valence-corrected chi connectivity index (χ0v) is 32.6. The van der Waals surface area contributed by atoms with E-state index in [1.807, 2.05) is 12.1 Å². The van der Waals surface area contributed by atoms with Crippen molar-refractivity contribution in [3.63, 3.8) is 0 Å². The Labute approximate surface area is 315 Å². The number of rotatable bonds is 13. The summed E-state index contributed by atoms with van der Waals surface area (Å²) in [6.07, 6.45) is 5.87. The number of methoxy groups -OCH3 is 1. The van der Waals surface area contributed by atoms with Crippen molar-refractivity contribution >= 4 is 59.7 Å². The van der Waals surface area contributed by atoms with E-state index in [2.05, 4.69) is 40.8 Å². The summed E-state index contributed by atoms with van der Waals surface area (Å²) in [5, 5.41) is 12.3. The summed E-state index contributed by atoms with van der Waals surface area (Å²) in [6.45, 7) is 6.54. The number of nitrogens with zero attached hydrogens (tertiary/aromatic N) is 3. The molecule has 3 heterocycles. The summed E-state index contributed by atoms with van der Waals surface area (Å²) in [5.74, 6) is -0.444. The van der Waals surface area contributed by atoms with E-state index in [1.54, 1.807) is 12.3 Å². The Bertz CT molecular complexity index is 2170. The number of piperazine rings is 1. The first-order chi connectivity index (χ1) is 24.7. The van der Waals surface area contributed by atoms with Crippen molar-refractivity contribution in [3.8, 4) is 5.75 Å². The normalized spacial score (nSPS) is 19.1. The third-order valence-corrected chi connectivity index (χ3v) is 14.2. The van der Waals surface area contributed by atoms with Gasteiger partial charge >= 0.3 is 0 Å². The summed E-state index contributed by atoms with van der Waals surface area (Å²) in [7, 11) is -6.59. The van der Waals surface area contributed by atoms with Crippen molar-refractivity contribution in [1.82, 2.24) is 19.2 Å². The van der Waals surface area contributed by atoms with Crippen molar-refractivity contribution in [1.29, 1.82) is 0 Å². The molecule has 1 unspecified atom stereocenters. The molecular weight excluding hydrogens is 747 g/mol. The lowest BCUT2D eigenvalue weighted by Gasteiger charge is -2.42. The molecule has 11 nitrogen and oxygen atoms in total. The number of sulfone groups is 1. The molecule has 1 aliphatic carbocycles. The fourth-order valence-corrected chi connectivity index (χ4v) is 10.7. The fourth-order valence-electron chi connectivity index (χ4n) is 7.14. The second-order valence-electron chi connectivity index (χ2n) is 14.1. The van der Waals surface area contributed by atoms with Gasteiger partial charge in [-0.05, 0) is 72.2 Å². The Balaban J connectivity index is 1.33. The predicted molar refractivity (Wildman–Crippen MR) is 203 cm³/mol. The van der Waals surface area contributed by atoms with E-state index in [0.717, 1.165) is 24.8 Å². The number of hydrogen-bond donors (Lipinski definition) is 2. The largest absolute Gasteiger partial charge is 0.506 e. The molecule has 1 saturated heterocycles. The molecule has 280 valence electrons. The number of H-pyrrole nitrogens is 1. The lowest BCUT2D eigenvalue weighted by Crippen LogP contribution is -2.51. The maximum Gasteiger partial charge on any atom is 0.243 e. The van der Waals surface area contributed by atoms with Gasteiger partial charge in [-0.2, -0.15) is 4.31 Å². The van der Waals surface area contributed by atoms with Gasteiger partial charge in [-0.3, -0.25) is 4.90 Å². The first-order valence-corrected chi connectivity index (χ1v) is 21.0. The van der Waals surface area contributed by atoms with Crippen LogP contribution in [0.4, 0.5) is 0 Å². The van der Waals surface area contributed by atoms with Crippen LogP contribution >= 0.6 is 23.2 Å². The number of sulfonamides is 1. The molecule has 2 N–H and O–H groups in total. The van der Waals surface area contributed by atoms with Gasteiger partial charge in [0, 0.05) is 55.5 Å². The minimum absolute atomic E-state index is 0.0626. The molecule has 0 radical (unpaired) electrons. The average molecular weight is 792 g/mol. The van der Waals surface area contributed by atoms with Crippen LogP contribution in [0.2, 0.25) is 10.0 Å². The highest BCUT2D eigenvalue weighted by atomic mass is 35.5. The fraction of sp³-hybridized carbons (Fsp3) is 0.432. The number of aromatic nitrogens is 2. The number of pyridine rings is 1. The second-order valence-corrected chi connectivity index (χ2v) is 18.9. The Morgan fingerprint density at radius 3 is 2.52 bits per heavy atom. The summed E-state index contributed by atoms with van der Waals surface area (Å²) in [5.41, 5.74) is 4.81. The molecule has 15 heteroatoms. The maximum absolute atomic E-state index is 14.5. The SMILES string of the molecule is COCCOCCS(=O)(=O)c1ccc(S(=O)(=O)N2CCN(CC3=C(c4ccc(Cl)cc4)CC(C)(C)CC3)CC2c2c(O)cnc3[nH]ccc23)cc1Cl. The van der Waals surface area contributed by atoms with Gasteiger partial charge < -0.3 is 19.6 Å². The van der Waals surface area contributed by atoms with Gasteiger partial charge in [0.25, 0.3) is 0 Å². The van der Waals surface area contributed by atoms with Crippen LogP contribution in [0.3, 0.4) is 0 Å². The van der Waals surface area contributed by atoms with E-state index in [9.17, 15) is 21.9 Å². The molecule has 6 rings (SSSR count). The van der Waals surface area contributed by atoms with Crippen LogP contribution in [0.1, 0.15) is 50.3 Å². The lowest BCUT2D eigenvalue weighted by atomic mass is 9.72. The van der Waals surface area contributed by atoms with Crippen LogP contribution in [-0.2, 0) is 29.3 Å². The quantitative estimate of drug-likeness (QED) is 0.141. The van der Waals surface area contributed by atoms with E-state index >= 15 is 0 Å². The summed E-state index contributed by atoms with van der Waals surface area (Å²) < 4.78 is 66.8. The lowest BCUT2D eigenvalue weighted by molar-refractivity contribution is 0.0785. The summed E-state index contributed by atoms with van der Waals surface area (Å²) in [6, 6.07) is 12.6. The molecule has 2 aromatic heterocycles. The van der Waals surface area contributed by atoms with E-state index in [1.165, 1.54) is 47.0 Å². The van der Waals surface area contributed by atoms with Crippen molar-refractivity contribution < 1.29 is 31.4 Å². The molecule has 0 amide bonds. The highest BCUT2D eigenvalue weighted by Gasteiger charge is 2.40. The molecule has 2 aliphatic rings. The zero-order chi connectivity index (χ0) is 37.3. The molecule has 1 fully saturated rings. The van der Waals surface area contributed by atoms with Gasteiger partial charge in [-0.25, -0.2) is 21.8 Å². The molecular formula is C37H44Cl2N4O7S2. The Hall–Kier alpha value is -3.01. The highest BCUT2D eigenvalue weighted by Crippen LogP contribution is 2.45. The number of fused-ring (bicyclic) bond motifs is 1. The van der Waals surface area contributed by atoms with Crippen LogP contribution in [0, 0.1) is 5.41 Å². The molecule has 0 spiro atoms. The number of nitrogens with one attached hydrogen (secondary N) is 1. The van der Waals surface area contributed by atoms with Crippen molar-refractivity contribution in [2.24, 2.45) is 5.41 Å². The molecule has 4 aromatic rings. The minimum atomic E-state index is -4.25. The molecule has 0 bridgehead atoms. The molecule has 0 saturated carbocycles. The number of halogens is 2. The van der Waals surface area contributed by atoms with Crippen LogP contribution < -0.4 is 0 Å². The van der Waals surface area contributed by atoms with Gasteiger partial charge in [0.2, 0.25) is 10.0 Å². The van der Waals surface area contributed by atoms with Gasteiger partial charge in [-0.1, -0.05) is 54.8 Å². The van der Waals surface area contributed by atoms with Crippen LogP contribution in [0.15, 0.2) is 76.3 Å². The predicted octanol–water partition coefficient (Wildman–Crippen LogP) is 6.72. The Morgan fingerprint density at radius 2 is 1.79 bits per heavy atom. The minimum Gasteiger partial charge on any atom is -0.506 e. The van der Waals surface area contributed by atoms with Gasteiger partial charge in [-0.15, -0.1) is 0 Å². The Kier molecular flexibility index (Phi) is 11.7. The molecule has 2 aromatic carbocycles. The van der Waals surface area contributed by atoms with Crippen molar-refractivity contribution in [3.05, 3.63) is 87.7 Å². The first-order valence-electron chi connectivity index (χ1n) is 17.2. The number of ether oxygens (including phenoxy) is 2. The molecule has 1 atom stereocenters. The van der Waals surface area contributed by atoms with Crippen LogP contribution in [0.5, 0.6) is 5.75 Å². The maximum atomic E-state index is 14.5. The summed E-state index contributed by atoms with van der Waals surface area (Å²) in [4.78, 5) is 9.30. The van der Waals surface area contributed by atoms with Gasteiger partial charge in [0.05, 0.1) is 52.6 Å². The van der Waals surface area contributed by atoms with E-state index in [0.29, 0.717) is 47.9 Å². The third-order valence-electron chi connectivity index (χ3n) is 9.92. The third kappa shape index (κ3) is 8.37. The van der Waals surface area contributed by atoms with Crippen LogP contribution in [-0.4, -0.2) is 100.0 Å². The summed E-state index contributed by atoms with van der Waals surface area (Å²) >= 11 is 12.7. The van der Waals surface area contributed by atoms with Crippen molar-refractivity contribution in [2.45, 2.75) is 48.9 Å². The second kappa shape index (κ2) is 15.8. The molecule has 1 aliphatic heterocycles. The zero-order valence-electron chi connectivity index (χ0n) is 29.4. The molecule has 52 heavy (non-hydrogen) atoms. The van der Waals surface area contributed by atoms with E-state index in [-0.39, 0.29) is 51.5 Å². The van der Waals surface area contributed by atoms with Gasteiger partial charge in [0.15, 0.2) is 9.84 Å². The van der Waals surface area contributed by atoms with Crippen molar-refractivity contribution in [2.75, 3.05) is 58.9 Å². The highest BCUT2D eigenvalue weighted by molar-refractivity contribution is 7.91. The smallest absolute Gasteiger partial charge is 0.243 e. The van der Waals surface area contributed by atoms with E-state index < -0.39 is 25.9 Å². The average Bonchev–Trinajstić information content (AvgIpc) is 3.58. The standard InChI is InChI=1S/C37H44Cl2N4O7S2/c1-37(2)12-10-26(30(21-37)25-4-6-27(38)7-5-25)23-42-14-15-43(32(24-42)35-29-11-13-40-36(29)41-22-33(35)44)52(47,48)28-8-9-34(31(39)20-28)51(45,46)19-18-50-17-16-49-3/h4-9,11,13,20,22,32,44H,10,12,14-19,21,23-24H2,1-3H3,(H,40,41). The monoisotopic (exact) mass is 790 g/mol. The van der Waals surface area contributed by atoms with Crippen LogP contribution in [0.25, 0.3) is 16.6 Å². The number of aromatic amines is 1. The number of aromatic hydroxyl groups is 1.